The molecule has 22 valence electrons. The molecule has 0 aliphatic rings. The van der Waals surface area contributed by atoms with E-state index in [2.05, 4.69) is 0 Å². The van der Waals surface area contributed by atoms with Gasteiger partial charge in [0.15, 0.2) is 0 Å². The van der Waals surface area contributed by atoms with Gasteiger partial charge >= 0.3 is 23.5 Å². The van der Waals surface area contributed by atoms with Gasteiger partial charge in [-0.25, -0.2) is 0 Å². The second-order valence-corrected chi connectivity index (χ2v) is 0.307. The minimum atomic E-state index is -1.81. The van der Waals surface area contributed by atoms with Crippen molar-refractivity contribution < 1.29 is 42.1 Å². The second-order valence-electron chi connectivity index (χ2n) is 0.0745. The standard InChI is InChI=1S/2O.2V. The summed E-state index contributed by atoms with van der Waals surface area (Å²) in [5.41, 5.74) is 0. The van der Waals surface area contributed by atoms with Gasteiger partial charge in [0.2, 0.25) is 0 Å². The first-order valence-corrected chi connectivity index (χ1v) is 1.51. The van der Waals surface area contributed by atoms with Crippen LogP contribution < -0.4 is 0 Å². The maximum atomic E-state index is 8.47. The summed E-state index contributed by atoms with van der Waals surface area (Å²) in [5, 5.41) is 0. The van der Waals surface area contributed by atoms with Gasteiger partial charge in [0.1, 0.15) is 0 Å². The van der Waals surface area contributed by atoms with E-state index in [1.54, 1.807) is 0 Å². The van der Waals surface area contributed by atoms with Crippen molar-refractivity contribution in [2.45, 2.75) is 0 Å². The largest absolute Gasteiger partial charge is 0 e. The minimum Gasteiger partial charge on any atom is 0 e. The monoisotopic (exact) mass is 134 g/mol. The van der Waals surface area contributed by atoms with Crippen molar-refractivity contribution in [3.05, 3.63) is 0 Å². The molecule has 0 saturated carbocycles. The summed E-state index contributed by atoms with van der Waals surface area (Å²) in [6.45, 7) is 0. The topological polar surface area (TPSA) is 34.1 Å². The molecule has 0 aliphatic carbocycles. The van der Waals surface area contributed by atoms with Crippen LogP contribution in [0.2, 0.25) is 0 Å². The summed E-state index contributed by atoms with van der Waals surface area (Å²) in [4.78, 5) is 0. The molecule has 0 aromatic carbocycles. The van der Waals surface area contributed by atoms with E-state index in [0.29, 0.717) is 0 Å². The van der Waals surface area contributed by atoms with Crippen molar-refractivity contribution in [1.82, 2.24) is 0 Å². The molecule has 0 aromatic rings. The van der Waals surface area contributed by atoms with Crippen molar-refractivity contribution in [3.63, 3.8) is 0 Å². The van der Waals surface area contributed by atoms with Gasteiger partial charge in [-0.3, -0.25) is 0 Å². The van der Waals surface area contributed by atoms with Crippen LogP contribution in [0.3, 0.4) is 0 Å². The molecule has 0 spiro atoms. The number of hydrogen-bond acceptors (Lipinski definition) is 2. The molecule has 0 atom stereocenters. The Morgan fingerprint density at radius 2 is 1.25 bits per heavy atom. The van der Waals surface area contributed by atoms with Gasteiger partial charge < -0.3 is 0 Å². The van der Waals surface area contributed by atoms with Crippen LogP contribution in [0.15, 0.2) is 0 Å². The number of hydrogen-bond donors (Lipinski definition) is 0. The van der Waals surface area contributed by atoms with Crippen LogP contribution in [0, 0.1) is 0 Å². The van der Waals surface area contributed by atoms with Gasteiger partial charge in [0, 0.05) is 18.6 Å². The van der Waals surface area contributed by atoms with Crippen LogP contribution in [0.25, 0.3) is 0 Å². The Labute approximate surface area is 42.4 Å². The third-order valence-electron chi connectivity index (χ3n) is 0. The first kappa shape index (κ1) is 8.84. The molecule has 2 nitrogen and oxygen atoms in total. The SMILES string of the molecule is [O]=[V]=[O].[V]. The zero-order valence-electron chi connectivity index (χ0n) is 1.71. The third kappa shape index (κ3) is 14.7. The van der Waals surface area contributed by atoms with E-state index in [1.807, 2.05) is 0 Å². The van der Waals surface area contributed by atoms with Crippen LogP contribution in [0.1, 0.15) is 0 Å². The van der Waals surface area contributed by atoms with E-state index in [4.69, 9.17) is 7.35 Å². The fraction of sp³-hybridized carbons (Fsp3) is 0. The van der Waals surface area contributed by atoms with E-state index in [-0.39, 0.29) is 18.6 Å². The maximum Gasteiger partial charge on any atom is 0 e. The molecule has 0 saturated heterocycles. The molecular formula is O2V2. The van der Waals surface area contributed by atoms with Gasteiger partial charge in [-0.05, 0) is 0 Å². The molecule has 0 aromatic heterocycles. The summed E-state index contributed by atoms with van der Waals surface area (Å²) < 4.78 is 16.9. The molecule has 0 unspecified atom stereocenters. The fourth-order valence-corrected chi connectivity index (χ4v) is 0. The molecule has 0 fully saturated rings. The van der Waals surface area contributed by atoms with Gasteiger partial charge in [-0.1, -0.05) is 0 Å². The molecule has 0 aliphatic heterocycles. The van der Waals surface area contributed by atoms with Crippen molar-refractivity contribution in [3.8, 4) is 0 Å². The van der Waals surface area contributed by atoms with Crippen LogP contribution in [0.5, 0.6) is 0 Å². The Balaban J connectivity index is 0. The van der Waals surface area contributed by atoms with Crippen molar-refractivity contribution >= 4 is 0 Å². The molecular weight excluding hydrogens is 134 g/mol. The van der Waals surface area contributed by atoms with Gasteiger partial charge in [-0.15, -0.1) is 0 Å². The predicted molar refractivity (Wildman–Crippen MR) is 1.37 cm³/mol. The smallest absolute Gasteiger partial charge is 0 e. The Hall–Kier alpha value is 0.769. The van der Waals surface area contributed by atoms with Crippen LogP contribution >= 0.6 is 0 Å². The van der Waals surface area contributed by atoms with E-state index < -0.39 is 16.2 Å². The normalized spacial score (nSPS) is 2.00. The maximum absolute atomic E-state index is 8.47. The Bertz CT molecular complexity index is 25.0. The zero-order chi connectivity index (χ0) is 2.71. The van der Waals surface area contributed by atoms with Gasteiger partial charge in [0.05, 0.1) is 0 Å². The van der Waals surface area contributed by atoms with Crippen LogP contribution in [-0.4, -0.2) is 0 Å². The van der Waals surface area contributed by atoms with Gasteiger partial charge in [-0.2, -0.15) is 0 Å². The van der Waals surface area contributed by atoms with Crippen molar-refractivity contribution in [2.24, 2.45) is 0 Å². The average molecular weight is 134 g/mol. The Kier molecular flexibility index (Phi) is 20.4. The van der Waals surface area contributed by atoms with Gasteiger partial charge in [0.25, 0.3) is 0 Å². The predicted octanol–water partition coefficient (Wildman–Crippen LogP) is -0.243. The van der Waals surface area contributed by atoms with E-state index in [1.165, 1.54) is 0 Å². The van der Waals surface area contributed by atoms with Crippen molar-refractivity contribution in [1.29, 1.82) is 0 Å². The molecule has 0 heterocycles. The van der Waals surface area contributed by atoms with E-state index >= 15 is 0 Å². The van der Waals surface area contributed by atoms with Crippen molar-refractivity contribution in [2.75, 3.05) is 0 Å². The quantitative estimate of drug-likeness (QED) is 0.458. The van der Waals surface area contributed by atoms with Crippen LogP contribution in [-0.2, 0) is 42.1 Å². The first-order valence-electron chi connectivity index (χ1n) is 0.365. The zero-order valence-corrected chi connectivity index (χ0v) is 4.50. The molecule has 4 heteroatoms. The van der Waals surface area contributed by atoms with E-state index in [0.717, 1.165) is 0 Å². The third-order valence-corrected chi connectivity index (χ3v) is 0. The number of rotatable bonds is 0. The molecule has 0 N–H and O–H groups in total. The molecule has 0 amide bonds. The fourth-order valence-electron chi connectivity index (χ4n) is 0. The summed E-state index contributed by atoms with van der Waals surface area (Å²) in [7, 11) is 0. The second kappa shape index (κ2) is 9.23. The molecule has 1 radical (unpaired) electrons. The molecule has 0 rings (SSSR count). The van der Waals surface area contributed by atoms with E-state index in [9.17, 15) is 0 Å². The molecule has 0 bridgehead atoms. The Morgan fingerprint density at radius 1 is 1.25 bits per heavy atom. The molecule has 4 heavy (non-hydrogen) atoms. The first-order chi connectivity index (χ1) is 1.41. The summed E-state index contributed by atoms with van der Waals surface area (Å²) in [6.07, 6.45) is 0. The summed E-state index contributed by atoms with van der Waals surface area (Å²) >= 11 is -1.81. The van der Waals surface area contributed by atoms with Crippen LogP contribution in [0.4, 0.5) is 0 Å². The average Bonchev–Trinajstić information content (AvgIpc) is 0.918. The summed E-state index contributed by atoms with van der Waals surface area (Å²) in [6, 6.07) is 0. The minimum absolute atomic E-state index is 0. The summed E-state index contributed by atoms with van der Waals surface area (Å²) in [5.74, 6) is 0. The Morgan fingerprint density at radius 3 is 1.25 bits per heavy atom.